The van der Waals surface area contributed by atoms with Crippen LogP contribution in [0, 0.1) is 11.7 Å². The van der Waals surface area contributed by atoms with E-state index in [1.807, 2.05) is 11.4 Å². The summed E-state index contributed by atoms with van der Waals surface area (Å²) in [6.45, 7) is -0.129. The zero-order valence-corrected chi connectivity index (χ0v) is 14.4. The second kappa shape index (κ2) is 6.14. The first-order chi connectivity index (χ1) is 10.8. The third kappa shape index (κ3) is 3.44. The van der Waals surface area contributed by atoms with Crippen LogP contribution in [-0.2, 0) is 15.6 Å². The van der Waals surface area contributed by atoms with Crippen LogP contribution in [0.3, 0.4) is 0 Å². The summed E-state index contributed by atoms with van der Waals surface area (Å²) in [5.74, 6) is -0.639. The predicted molar refractivity (Wildman–Crippen MR) is 87.5 cm³/mol. The molecule has 1 heterocycles. The highest BCUT2D eigenvalue weighted by atomic mass is 35.5. The number of benzene rings is 1. The van der Waals surface area contributed by atoms with Gasteiger partial charge in [0.1, 0.15) is 11.4 Å². The molecule has 124 valence electrons. The van der Waals surface area contributed by atoms with Gasteiger partial charge in [-0.2, -0.15) is 0 Å². The molecule has 0 radical (unpaired) electrons. The molecule has 1 fully saturated rings. The highest BCUT2D eigenvalue weighted by Gasteiger charge is 2.46. The van der Waals surface area contributed by atoms with Crippen molar-refractivity contribution in [3.63, 3.8) is 0 Å². The fraction of sp³-hybridized carbons (Fsp3) is 0.333. The van der Waals surface area contributed by atoms with Crippen molar-refractivity contribution in [2.24, 2.45) is 5.92 Å². The highest BCUT2D eigenvalue weighted by molar-refractivity contribution is 7.89. The number of aliphatic hydroxyl groups is 1. The number of hydrogen-bond donors (Lipinski definition) is 2. The van der Waals surface area contributed by atoms with E-state index in [2.05, 4.69) is 4.72 Å². The molecular formula is C15H15ClFNO3S2. The van der Waals surface area contributed by atoms with Gasteiger partial charge in [0.25, 0.3) is 0 Å². The molecule has 0 amide bonds. The van der Waals surface area contributed by atoms with Gasteiger partial charge in [0.05, 0.1) is 9.92 Å². The van der Waals surface area contributed by atoms with Crippen molar-refractivity contribution in [3.05, 3.63) is 51.4 Å². The first-order valence-corrected chi connectivity index (χ1v) is 9.78. The molecule has 23 heavy (non-hydrogen) atoms. The van der Waals surface area contributed by atoms with E-state index in [0.29, 0.717) is 0 Å². The summed E-state index contributed by atoms with van der Waals surface area (Å²) in [6, 6.07) is 6.82. The van der Waals surface area contributed by atoms with Gasteiger partial charge >= 0.3 is 0 Å². The van der Waals surface area contributed by atoms with Crippen LogP contribution >= 0.6 is 22.9 Å². The Kier molecular flexibility index (Phi) is 4.50. The lowest BCUT2D eigenvalue weighted by Gasteiger charge is -2.27. The summed E-state index contributed by atoms with van der Waals surface area (Å²) in [7, 11) is -3.89. The maximum atomic E-state index is 13.2. The molecule has 8 heteroatoms. The lowest BCUT2D eigenvalue weighted by Crippen LogP contribution is -2.41. The summed E-state index contributed by atoms with van der Waals surface area (Å²) in [5, 5.41) is 12.5. The van der Waals surface area contributed by atoms with Crippen LogP contribution in [0.2, 0.25) is 5.02 Å². The van der Waals surface area contributed by atoms with Crippen molar-refractivity contribution in [2.75, 3.05) is 6.54 Å². The van der Waals surface area contributed by atoms with Crippen LogP contribution in [0.5, 0.6) is 0 Å². The SMILES string of the molecule is O=S(=O)(NC[C@](O)(c1cccs1)C1CC1)c1ccc(F)c(Cl)c1. The molecule has 0 bridgehead atoms. The third-order valence-corrected chi connectivity index (χ3v) is 6.66. The van der Waals surface area contributed by atoms with E-state index in [0.717, 1.165) is 35.9 Å². The maximum Gasteiger partial charge on any atom is 0.240 e. The number of nitrogens with one attached hydrogen (secondary N) is 1. The largest absolute Gasteiger partial charge is 0.383 e. The Hall–Kier alpha value is -0.990. The van der Waals surface area contributed by atoms with E-state index in [1.54, 1.807) is 6.07 Å². The number of halogens is 2. The van der Waals surface area contributed by atoms with Crippen LogP contribution in [0.25, 0.3) is 0 Å². The molecule has 0 saturated heterocycles. The van der Waals surface area contributed by atoms with Gasteiger partial charge in [-0.25, -0.2) is 17.5 Å². The lowest BCUT2D eigenvalue weighted by molar-refractivity contribution is 0.0222. The molecule has 2 aromatic rings. The Labute approximate surface area is 143 Å². The van der Waals surface area contributed by atoms with Crippen molar-refractivity contribution in [2.45, 2.75) is 23.3 Å². The topological polar surface area (TPSA) is 66.4 Å². The average molecular weight is 376 g/mol. The van der Waals surface area contributed by atoms with Crippen molar-refractivity contribution in [1.82, 2.24) is 4.72 Å². The Morgan fingerprint density at radius 1 is 1.39 bits per heavy atom. The van der Waals surface area contributed by atoms with E-state index >= 15 is 0 Å². The summed E-state index contributed by atoms with van der Waals surface area (Å²) in [6.07, 6.45) is 1.72. The van der Waals surface area contributed by atoms with Gasteiger partial charge in [-0.05, 0) is 48.4 Å². The van der Waals surface area contributed by atoms with Gasteiger partial charge in [0, 0.05) is 11.4 Å². The molecule has 1 atom stereocenters. The second-order valence-electron chi connectivity index (χ2n) is 5.58. The van der Waals surface area contributed by atoms with Crippen LogP contribution in [0.15, 0.2) is 40.6 Å². The van der Waals surface area contributed by atoms with Crippen LogP contribution in [-0.4, -0.2) is 20.1 Å². The van der Waals surface area contributed by atoms with Gasteiger partial charge in [-0.3, -0.25) is 0 Å². The first-order valence-electron chi connectivity index (χ1n) is 7.04. The molecule has 1 saturated carbocycles. The van der Waals surface area contributed by atoms with E-state index in [-0.39, 0.29) is 22.4 Å². The molecular weight excluding hydrogens is 361 g/mol. The molecule has 3 rings (SSSR count). The van der Waals surface area contributed by atoms with Gasteiger partial charge < -0.3 is 5.11 Å². The zero-order valence-electron chi connectivity index (χ0n) is 12.0. The fourth-order valence-electron chi connectivity index (χ4n) is 2.45. The monoisotopic (exact) mass is 375 g/mol. The van der Waals surface area contributed by atoms with Crippen molar-refractivity contribution >= 4 is 33.0 Å². The molecule has 2 N–H and O–H groups in total. The third-order valence-electron chi connectivity index (χ3n) is 3.93. The van der Waals surface area contributed by atoms with Crippen LogP contribution < -0.4 is 4.72 Å². The number of hydrogen-bond acceptors (Lipinski definition) is 4. The minimum atomic E-state index is -3.89. The Morgan fingerprint density at radius 3 is 2.70 bits per heavy atom. The van der Waals surface area contributed by atoms with E-state index in [9.17, 15) is 17.9 Å². The van der Waals surface area contributed by atoms with E-state index in [1.165, 1.54) is 11.3 Å². The molecule has 1 aromatic carbocycles. The molecule has 1 aromatic heterocycles. The maximum absolute atomic E-state index is 13.2. The quantitative estimate of drug-likeness (QED) is 0.815. The van der Waals surface area contributed by atoms with Crippen molar-refractivity contribution in [3.8, 4) is 0 Å². The minimum absolute atomic E-state index is 0.0423. The molecule has 1 aliphatic carbocycles. The summed E-state index contributed by atoms with van der Waals surface area (Å²) in [5.41, 5.74) is -1.22. The van der Waals surface area contributed by atoms with Crippen LogP contribution in [0.4, 0.5) is 4.39 Å². The summed E-state index contributed by atoms with van der Waals surface area (Å²) in [4.78, 5) is 0.605. The highest BCUT2D eigenvalue weighted by Crippen LogP contribution is 2.46. The van der Waals surface area contributed by atoms with Gasteiger partial charge in [-0.15, -0.1) is 11.3 Å². The second-order valence-corrected chi connectivity index (χ2v) is 8.70. The summed E-state index contributed by atoms with van der Waals surface area (Å²) < 4.78 is 40.3. The standard InChI is InChI=1S/C15H15ClFNO3S2/c16-12-8-11(5-6-13(12)17)23(20,21)18-9-15(19,10-3-4-10)14-2-1-7-22-14/h1-2,5-8,10,18-19H,3-4,9H2/t15-/m1/s1. The van der Waals surface area contributed by atoms with E-state index < -0.39 is 21.4 Å². The van der Waals surface area contributed by atoms with Gasteiger partial charge in [0.15, 0.2) is 0 Å². The predicted octanol–water partition coefficient (Wildman–Crippen LogP) is 3.12. The Bertz CT molecular complexity index is 806. The zero-order chi connectivity index (χ0) is 16.7. The lowest BCUT2D eigenvalue weighted by atomic mass is 9.96. The molecule has 0 spiro atoms. The normalized spacial score (nSPS) is 17.9. The molecule has 0 unspecified atom stereocenters. The Morgan fingerprint density at radius 2 is 2.13 bits per heavy atom. The first kappa shape index (κ1) is 16.9. The molecule has 4 nitrogen and oxygen atoms in total. The average Bonchev–Trinajstić information content (AvgIpc) is 3.23. The van der Waals surface area contributed by atoms with Crippen molar-refractivity contribution < 1.29 is 17.9 Å². The molecule has 1 aliphatic rings. The van der Waals surface area contributed by atoms with Crippen molar-refractivity contribution in [1.29, 1.82) is 0 Å². The van der Waals surface area contributed by atoms with Crippen LogP contribution in [0.1, 0.15) is 17.7 Å². The van der Waals surface area contributed by atoms with E-state index in [4.69, 9.17) is 11.6 Å². The number of sulfonamides is 1. The number of thiophene rings is 1. The Balaban J connectivity index is 1.81. The van der Waals surface area contributed by atoms with Gasteiger partial charge in [0.2, 0.25) is 10.0 Å². The minimum Gasteiger partial charge on any atom is -0.383 e. The molecule has 0 aliphatic heterocycles. The fourth-order valence-corrected chi connectivity index (χ4v) is 4.70. The summed E-state index contributed by atoms with van der Waals surface area (Å²) >= 11 is 7.03. The smallest absolute Gasteiger partial charge is 0.240 e. The number of rotatable bonds is 6. The van der Waals surface area contributed by atoms with Gasteiger partial charge in [-0.1, -0.05) is 17.7 Å².